The van der Waals surface area contributed by atoms with Gasteiger partial charge in [-0.15, -0.1) is 5.10 Å². The van der Waals surface area contributed by atoms with Gasteiger partial charge in [-0.3, -0.25) is 9.78 Å². The van der Waals surface area contributed by atoms with Gasteiger partial charge in [0.15, 0.2) is 5.82 Å². The molecule has 3 heterocycles. The fourth-order valence-electron chi connectivity index (χ4n) is 3.47. The standard InChI is InChI=1S/C20H21N5O/c1-15-17-5-2-3-6-18(17)19(23-22-15)24-11-4-12-25(14-13-24)20(26)16-7-9-21-10-8-16/h2-3,5-10H,4,11-14H2,1H3. The largest absolute Gasteiger partial charge is 0.353 e. The molecule has 1 amide bonds. The Morgan fingerprint density at radius 2 is 1.69 bits per heavy atom. The molecule has 6 nitrogen and oxygen atoms in total. The van der Waals surface area contributed by atoms with Gasteiger partial charge >= 0.3 is 0 Å². The average Bonchev–Trinajstić information content (AvgIpc) is 2.95. The van der Waals surface area contributed by atoms with E-state index in [0.29, 0.717) is 12.1 Å². The predicted octanol–water partition coefficient (Wildman–Crippen LogP) is 2.69. The van der Waals surface area contributed by atoms with Crippen LogP contribution in [0.3, 0.4) is 0 Å². The van der Waals surface area contributed by atoms with Crippen LogP contribution in [0, 0.1) is 6.92 Å². The summed E-state index contributed by atoms with van der Waals surface area (Å²) in [6, 6.07) is 11.8. The van der Waals surface area contributed by atoms with Crippen molar-refractivity contribution < 1.29 is 4.79 Å². The Balaban J connectivity index is 1.56. The number of amides is 1. The van der Waals surface area contributed by atoms with E-state index >= 15 is 0 Å². The second kappa shape index (κ2) is 7.07. The van der Waals surface area contributed by atoms with Crippen LogP contribution >= 0.6 is 0 Å². The SMILES string of the molecule is Cc1nnc(N2CCCN(C(=O)c3ccncc3)CC2)c2ccccc12. The van der Waals surface area contributed by atoms with Crippen molar-refractivity contribution in [3.8, 4) is 0 Å². The first-order valence-electron chi connectivity index (χ1n) is 8.90. The van der Waals surface area contributed by atoms with Gasteiger partial charge in [-0.25, -0.2) is 0 Å². The maximum Gasteiger partial charge on any atom is 0.254 e. The minimum absolute atomic E-state index is 0.0640. The quantitative estimate of drug-likeness (QED) is 0.713. The first-order chi connectivity index (χ1) is 12.7. The van der Waals surface area contributed by atoms with Crippen molar-refractivity contribution >= 4 is 22.5 Å². The highest BCUT2D eigenvalue weighted by Crippen LogP contribution is 2.26. The zero-order valence-corrected chi connectivity index (χ0v) is 14.8. The molecule has 1 aromatic carbocycles. The summed E-state index contributed by atoms with van der Waals surface area (Å²) in [5.41, 5.74) is 1.63. The third-order valence-electron chi connectivity index (χ3n) is 4.86. The summed E-state index contributed by atoms with van der Waals surface area (Å²) in [6.07, 6.45) is 4.22. The van der Waals surface area contributed by atoms with E-state index in [0.717, 1.165) is 48.3 Å². The molecule has 0 N–H and O–H groups in total. The number of nitrogens with zero attached hydrogens (tertiary/aromatic N) is 5. The smallest absolute Gasteiger partial charge is 0.254 e. The van der Waals surface area contributed by atoms with E-state index in [1.165, 1.54) is 0 Å². The lowest BCUT2D eigenvalue weighted by Gasteiger charge is -2.23. The second-order valence-corrected chi connectivity index (χ2v) is 6.52. The molecule has 1 saturated heterocycles. The Morgan fingerprint density at radius 3 is 2.50 bits per heavy atom. The van der Waals surface area contributed by atoms with Gasteiger partial charge in [-0.05, 0) is 25.5 Å². The van der Waals surface area contributed by atoms with Crippen molar-refractivity contribution in [3.63, 3.8) is 0 Å². The van der Waals surface area contributed by atoms with Crippen LogP contribution in [0.4, 0.5) is 5.82 Å². The Hall–Kier alpha value is -3.02. The highest BCUT2D eigenvalue weighted by molar-refractivity contribution is 5.94. The molecule has 0 atom stereocenters. The lowest BCUT2D eigenvalue weighted by molar-refractivity contribution is 0.0767. The van der Waals surface area contributed by atoms with Crippen molar-refractivity contribution in [2.75, 3.05) is 31.1 Å². The van der Waals surface area contributed by atoms with Gasteiger partial charge in [0, 0.05) is 54.9 Å². The summed E-state index contributed by atoms with van der Waals surface area (Å²) in [4.78, 5) is 20.8. The van der Waals surface area contributed by atoms with Crippen LogP contribution in [0.15, 0.2) is 48.8 Å². The number of aromatic nitrogens is 3. The van der Waals surface area contributed by atoms with E-state index < -0.39 is 0 Å². The van der Waals surface area contributed by atoms with Crippen molar-refractivity contribution in [2.24, 2.45) is 0 Å². The third kappa shape index (κ3) is 3.10. The van der Waals surface area contributed by atoms with E-state index in [2.05, 4.69) is 32.2 Å². The van der Waals surface area contributed by atoms with E-state index in [1.807, 2.05) is 24.0 Å². The summed E-state index contributed by atoms with van der Waals surface area (Å²) in [5, 5.41) is 11.1. The fraction of sp³-hybridized carbons (Fsp3) is 0.300. The van der Waals surface area contributed by atoms with Crippen molar-refractivity contribution in [2.45, 2.75) is 13.3 Å². The molecule has 0 aliphatic carbocycles. The monoisotopic (exact) mass is 347 g/mol. The van der Waals surface area contributed by atoms with E-state index in [9.17, 15) is 4.79 Å². The summed E-state index contributed by atoms with van der Waals surface area (Å²) in [5.74, 6) is 0.971. The van der Waals surface area contributed by atoms with Crippen molar-refractivity contribution in [1.29, 1.82) is 0 Å². The number of aryl methyl sites for hydroxylation is 1. The minimum atomic E-state index is 0.0640. The molecule has 0 saturated carbocycles. The number of carbonyl (C=O) groups excluding carboxylic acids is 1. The van der Waals surface area contributed by atoms with E-state index in [1.54, 1.807) is 24.5 Å². The van der Waals surface area contributed by atoms with Gasteiger partial charge in [0.1, 0.15) is 0 Å². The number of fused-ring (bicyclic) bond motifs is 1. The fourth-order valence-corrected chi connectivity index (χ4v) is 3.47. The minimum Gasteiger partial charge on any atom is -0.353 e. The zero-order chi connectivity index (χ0) is 17.9. The molecule has 26 heavy (non-hydrogen) atoms. The average molecular weight is 347 g/mol. The van der Waals surface area contributed by atoms with E-state index in [4.69, 9.17) is 0 Å². The summed E-state index contributed by atoms with van der Waals surface area (Å²) in [7, 11) is 0. The molecule has 0 unspecified atom stereocenters. The first-order valence-corrected chi connectivity index (χ1v) is 8.90. The van der Waals surface area contributed by atoms with Gasteiger partial charge in [0.2, 0.25) is 0 Å². The molecule has 0 radical (unpaired) electrons. The highest BCUT2D eigenvalue weighted by atomic mass is 16.2. The topological polar surface area (TPSA) is 62.2 Å². The van der Waals surface area contributed by atoms with Gasteiger partial charge in [-0.2, -0.15) is 5.10 Å². The Labute approximate surface area is 152 Å². The number of carbonyl (C=O) groups is 1. The number of hydrogen-bond donors (Lipinski definition) is 0. The molecule has 1 fully saturated rings. The molecule has 0 bridgehead atoms. The Morgan fingerprint density at radius 1 is 0.923 bits per heavy atom. The Kier molecular flexibility index (Phi) is 4.48. The second-order valence-electron chi connectivity index (χ2n) is 6.52. The maximum absolute atomic E-state index is 12.7. The van der Waals surface area contributed by atoms with Crippen LogP contribution < -0.4 is 4.90 Å². The van der Waals surface area contributed by atoms with Crippen LogP contribution in [0.25, 0.3) is 10.8 Å². The summed E-state index contributed by atoms with van der Waals surface area (Å²) >= 11 is 0. The summed E-state index contributed by atoms with van der Waals surface area (Å²) in [6.45, 7) is 5.01. The number of pyridine rings is 1. The highest BCUT2D eigenvalue weighted by Gasteiger charge is 2.22. The zero-order valence-electron chi connectivity index (χ0n) is 14.8. The molecule has 2 aromatic heterocycles. The van der Waals surface area contributed by atoms with Crippen molar-refractivity contribution in [3.05, 3.63) is 60.0 Å². The molecule has 3 aromatic rings. The normalized spacial score (nSPS) is 15.1. The first kappa shape index (κ1) is 16.4. The van der Waals surface area contributed by atoms with Crippen LogP contribution in [0.2, 0.25) is 0 Å². The number of rotatable bonds is 2. The van der Waals surface area contributed by atoms with E-state index in [-0.39, 0.29) is 5.91 Å². The maximum atomic E-state index is 12.7. The molecular formula is C20H21N5O. The lowest BCUT2D eigenvalue weighted by Crippen LogP contribution is -2.35. The van der Waals surface area contributed by atoms with Crippen LogP contribution in [0.1, 0.15) is 22.5 Å². The number of anilines is 1. The van der Waals surface area contributed by atoms with Gasteiger partial charge in [0.25, 0.3) is 5.91 Å². The molecule has 1 aliphatic rings. The van der Waals surface area contributed by atoms with Crippen LogP contribution in [-0.2, 0) is 0 Å². The van der Waals surface area contributed by atoms with Crippen LogP contribution in [-0.4, -0.2) is 52.2 Å². The molecule has 0 spiro atoms. The number of benzene rings is 1. The van der Waals surface area contributed by atoms with Gasteiger partial charge in [-0.1, -0.05) is 24.3 Å². The molecule has 6 heteroatoms. The Bertz CT molecular complexity index is 928. The number of hydrogen-bond acceptors (Lipinski definition) is 5. The van der Waals surface area contributed by atoms with Gasteiger partial charge in [0.05, 0.1) is 5.69 Å². The lowest BCUT2D eigenvalue weighted by atomic mass is 10.1. The molecule has 4 rings (SSSR count). The predicted molar refractivity (Wildman–Crippen MR) is 101 cm³/mol. The molecular weight excluding hydrogens is 326 g/mol. The van der Waals surface area contributed by atoms with Crippen LogP contribution in [0.5, 0.6) is 0 Å². The van der Waals surface area contributed by atoms with Crippen molar-refractivity contribution in [1.82, 2.24) is 20.1 Å². The van der Waals surface area contributed by atoms with Gasteiger partial charge < -0.3 is 9.80 Å². The third-order valence-corrected chi connectivity index (χ3v) is 4.86. The summed E-state index contributed by atoms with van der Waals surface area (Å²) < 4.78 is 0. The molecule has 1 aliphatic heterocycles. The molecule has 132 valence electrons.